The molecule has 2 atom stereocenters. The van der Waals surface area contributed by atoms with E-state index in [4.69, 9.17) is 40.5 Å². The van der Waals surface area contributed by atoms with E-state index in [-0.39, 0.29) is 67.6 Å². The van der Waals surface area contributed by atoms with Gasteiger partial charge in [-0.25, -0.2) is 8.78 Å². The van der Waals surface area contributed by atoms with Gasteiger partial charge in [-0.3, -0.25) is 14.4 Å². The van der Waals surface area contributed by atoms with Crippen LogP contribution in [0.1, 0.15) is 81.5 Å². The molecule has 0 bridgehead atoms. The fourth-order valence-electron chi connectivity index (χ4n) is 9.92. The predicted octanol–water partition coefficient (Wildman–Crippen LogP) is 9.11. The summed E-state index contributed by atoms with van der Waals surface area (Å²) in [5.74, 6) is 0.216. The molecule has 2 aromatic heterocycles. The Hall–Kier alpha value is -5.98. The van der Waals surface area contributed by atoms with Crippen LogP contribution in [0, 0.1) is 5.82 Å². The molecule has 1 unspecified atom stereocenters. The molecule has 2 saturated heterocycles. The molecule has 1 amide bonds. The number of hydrogen-bond acceptors (Lipinski definition) is 11. The smallest absolute Gasteiger partial charge is 0.416 e. The maximum atomic E-state index is 17.6. The molecule has 19 heteroatoms. The zero-order chi connectivity index (χ0) is 47.9. The van der Waals surface area contributed by atoms with Crippen molar-refractivity contribution in [2.45, 2.75) is 82.7 Å². The number of aromatic nitrogens is 4. The van der Waals surface area contributed by atoms with Gasteiger partial charge in [0.05, 0.1) is 73.0 Å². The van der Waals surface area contributed by atoms with Gasteiger partial charge in [0, 0.05) is 64.4 Å². The monoisotopic (exact) mass is 962 g/mol. The highest BCUT2D eigenvalue weighted by atomic mass is 35.5. The molecule has 2 fully saturated rings. The summed E-state index contributed by atoms with van der Waals surface area (Å²) in [6, 6.07) is 16.4. The summed E-state index contributed by atoms with van der Waals surface area (Å²) < 4.78 is 102. The Bertz CT molecular complexity index is 2650. The number of fused-ring (bicyclic) bond motifs is 3. The summed E-state index contributed by atoms with van der Waals surface area (Å²) in [4.78, 5) is 30.0. The number of carbonyl (C=O) groups excluding carboxylic acids is 1. The number of nitrogens with zero attached hydrogens (tertiary/aromatic N) is 8. The second kappa shape index (κ2) is 19.2. The average molecular weight is 963 g/mol. The minimum absolute atomic E-state index is 0.0268. The third kappa shape index (κ3) is 9.29. The minimum Gasteiger partial charge on any atom is -0.497 e. The number of carbonyl (C=O) groups is 1. The van der Waals surface area contributed by atoms with Crippen molar-refractivity contribution in [1.82, 2.24) is 29.5 Å². The van der Waals surface area contributed by atoms with E-state index in [0.717, 1.165) is 36.6 Å². The minimum atomic E-state index is -4.94. The maximum Gasteiger partial charge on any atom is 0.416 e. The largest absolute Gasteiger partial charge is 0.497 e. The second-order valence-corrected chi connectivity index (χ2v) is 18.3. The molecule has 4 aliphatic heterocycles. The Kier molecular flexibility index (Phi) is 13.3. The Morgan fingerprint density at radius 3 is 2.26 bits per heavy atom. The van der Waals surface area contributed by atoms with Crippen molar-refractivity contribution >= 4 is 29.0 Å². The third-order valence-electron chi connectivity index (χ3n) is 13.4. The average Bonchev–Trinajstić information content (AvgIpc) is 3.93. The lowest BCUT2D eigenvalue weighted by Gasteiger charge is -2.33. The van der Waals surface area contributed by atoms with Gasteiger partial charge in [-0.1, -0.05) is 35.9 Å². The molecule has 68 heavy (non-hydrogen) atoms. The summed E-state index contributed by atoms with van der Waals surface area (Å²) in [5.41, 5.74) is 1.40. The van der Waals surface area contributed by atoms with Gasteiger partial charge in [0.1, 0.15) is 23.9 Å². The highest BCUT2D eigenvalue weighted by molar-refractivity contribution is 6.34. The molecule has 6 heterocycles. The summed E-state index contributed by atoms with van der Waals surface area (Å²) in [6.45, 7) is 2.53. The highest BCUT2D eigenvalue weighted by Gasteiger charge is 2.48. The highest BCUT2D eigenvalue weighted by Crippen LogP contribution is 2.46. The van der Waals surface area contributed by atoms with Crippen LogP contribution < -0.4 is 24.0 Å². The fourth-order valence-corrected chi connectivity index (χ4v) is 10.2. The topological polar surface area (TPSA) is 111 Å². The molecule has 5 aromatic rings. The molecule has 13 nitrogen and oxygen atoms in total. The molecule has 0 spiro atoms. The first kappa shape index (κ1) is 47.1. The van der Waals surface area contributed by atoms with E-state index < -0.39 is 34.8 Å². The van der Waals surface area contributed by atoms with Gasteiger partial charge in [-0.05, 0) is 85.3 Å². The van der Waals surface area contributed by atoms with Crippen LogP contribution in [0.25, 0.3) is 0 Å². The number of alkyl halides is 3. The van der Waals surface area contributed by atoms with Gasteiger partial charge in [-0.15, -0.1) is 0 Å². The lowest BCUT2D eigenvalue weighted by molar-refractivity contribution is -0.140. The third-order valence-corrected chi connectivity index (χ3v) is 13.8. The molecular weight excluding hydrogens is 911 g/mol. The molecule has 0 saturated carbocycles. The maximum absolute atomic E-state index is 17.6. The predicted molar refractivity (Wildman–Crippen MR) is 244 cm³/mol. The molecular formula is C49H52ClF5N8O5. The number of methoxy groups -OCH3 is 2. The van der Waals surface area contributed by atoms with Crippen molar-refractivity contribution in [3.63, 3.8) is 0 Å². The van der Waals surface area contributed by atoms with Gasteiger partial charge in [-0.2, -0.15) is 28.2 Å². The molecule has 0 aliphatic carbocycles. The Balaban J connectivity index is 1.11. The van der Waals surface area contributed by atoms with Gasteiger partial charge < -0.3 is 33.6 Å². The van der Waals surface area contributed by atoms with Crippen LogP contribution in [0.5, 0.6) is 17.5 Å². The SMILES string of the molecule is COc1ccc(CN(Cc2ccc(OC)cc2)c2ccc(C(F)(F)F)c(C3Cc4nc(OC[C@@]56CCCN5C/C(=C\F)C6)nc(N5CCCn6nc(C(=O)N(C)C)c(Cl)c6C5)c4CO3)c2F)cc1. The Labute approximate surface area is 396 Å². The molecule has 4 aliphatic rings. The summed E-state index contributed by atoms with van der Waals surface area (Å²) in [7, 11) is 6.32. The number of aryl methyl sites for hydroxylation is 1. The normalized spacial score (nSPS) is 19.9. The van der Waals surface area contributed by atoms with E-state index in [1.54, 1.807) is 62.2 Å². The quantitative estimate of drug-likeness (QED) is 0.106. The first-order valence-electron chi connectivity index (χ1n) is 22.5. The standard InChI is InChI=1S/C49H52ClF5N8O5/c1-59(2)46(64)44-42(50)39-27-60(18-6-20-63(39)58-44)45-35-28-67-40(21-37(35)56-47(57-45)68-29-48-17-5-19-62(48)26-32(22-48)23-51)41-36(49(53,54)55)15-16-38(43(41)52)61(24-30-7-11-33(65-3)12-8-30)25-31-9-13-34(66-4)14-10-31/h7-16,23,40H,5-6,17-22,24-29H2,1-4H3/b32-23-/t40?,48-/m0/s1. The van der Waals surface area contributed by atoms with Crippen LogP contribution in [0.4, 0.5) is 33.5 Å². The first-order chi connectivity index (χ1) is 32.7. The van der Waals surface area contributed by atoms with E-state index in [2.05, 4.69) is 10.00 Å². The number of anilines is 2. The van der Waals surface area contributed by atoms with Crippen molar-refractivity contribution in [3.8, 4) is 17.5 Å². The number of rotatable bonds is 13. The van der Waals surface area contributed by atoms with E-state index in [9.17, 15) is 9.18 Å². The van der Waals surface area contributed by atoms with Crippen LogP contribution in [-0.4, -0.2) is 95.6 Å². The molecule has 9 rings (SSSR count). The van der Waals surface area contributed by atoms with E-state index >= 15 is 17.6 Å². The molecule has 0 radical (unpaired) electrons. The van der Waals surface area contributed by atoms with Gasteiger partial charge in [0.15, 0.2) is 11.5 Å². The van der Waals surface area contributed by atoms with Gasteiger partial charge in [0.25, 0.3) is 5.91 Å². The second-order valence-electron chi connectivity index (χ2n) is 18.0. The van der Waals surface area contributed by atoms with Crippen molar-refractivity contribution in [2.24, 2.45) is 0 Å². The Morgan fingerprint density at radius 2 is 1.63 bits per heavy atom. The van der Waals surface area contributed by atoms with Crippen LogP contribution in [-0.2, 0) is 50.1 Å². The van der Waals surface area contributed by atoms with Crippen LogP contribution in [0.3, 0.4) is 0 Å². The lowest BCUT2D eigenvalue weighted by atomic mass is 9.93. The molecule has 0 N–H and O–H groups in total. The van der Waals surface area contributed by atoms with Crippen LogP contribution >= 0.6 is 11.6 Å². The lowest BCUT2D eigenvalue weighted by Crippen LogP contribution is -2.43. The number of amides is 1. The Morgan fingerprint density at radius 1 is 0.941 bits per heavy atom. The number of halogens is 6. The molecule has 3 aromatic carbocycles. The zero-order valence-electron chi connectivity index (χ0n) is 38.2. The fraction of sp³-hybridized carbons (Fsp3) is 0.429. The van der Waals surface area contributed by atoms with Crippen molar-refractivity contribution in [3.05, 3.63) is 128 Å². The number of hydrogen-bond donors (Lipinski definition) is 0. The zero-order valence-corrected chi connectivity index (χ0v) is 39.0. The molecule has 360 valence electrons. The summed E-state index contributed by atoms with van der Waals surface area (Å²) in [6.07, 6.45) is -3.23. The summed E-state index contributed by atoms with van der Waals surface area (Å²) >= 11 is 6.87. The van der Waals surface area contributed by atoms with E-state index in [1.165, 1.54) is 11.0 Å². The summed E-state index contributed by atoms with van der Waals surface area (Å²) in [5, 5.41) is 4.75. The van der Waals surface area contributed by atoms with Crippen LogP contribution in [0.2, 0.25) is 5.02 Å². The first-order valence-corrected chi connectivity index (χ1v) is 22.9. The van der Waals surface area contributed by atoms with Gasteiger partial charge in [0.2, 0.25) is 0 Å². The van der Waals surface area contributed by atoms with Crippen molar-refractivity contribution in [1.29, 1.82) is 0 Å². The van der Waals surface area contributed by atoms with E-state index in [1.807, 2.05) is 29.2 Å². The van der Waals surface area contributed by atoms with E-state index in [0.29, 0.717) is 78.6 Å². The number of benzene rings is 3. The number of ether oxygens (including phenoxy) is 4. The van der Waals surface area contributed by atoms with Gasteiger partial charge >= 0.3 is 12.2 Å². The van der Waals surface area contributed by atoms with Crippen LogP contribution in [0.15, 0.2) is 72.6 Å². The van der Waals surface area contributed by atoms with Crippen molar-refractivity contribution < 1.29 is 45.7 Å². The van der Waals surface area contributed by atoms with Crippen molar-refractivity contribution in [2.75, 3.05) is 64.4 Å².